The van der Waals surface area contributed by atoms with E-state index in [1.54, 1.807) is 6.07 Å². The maximum absolute atomic E-state index is 12.6. The van der Waals surface area contributed by atoms with Crippen LogP contribution in [0, 0.1) is 0 Å². The van der Waals surface area contributed by atoms with Gasteiger partial charge in [0.1, 0.15) is 12.1 Å². The molecule has 0 amide bonds. The van der Waals surface area contributed by atoms with Gasteiger partial charge in [-0.3, -0.25) is 4.72 Å². The number of benzene rings is 3. The number of para-hydroxylation sites is 1. The molecule has 1 aromatic heterocycles. The van der Waals surface area contributed by atoms with E-state index in [0.29, 0.717) is 11.5 Å². The van der Waals surface area contributed by atoms with Crippen molar-refractivity contribution in [2.24, 2.45) is 0 Å². The summed E-state index contributed by atoms with van der Waals surface area (Å²) in [5.74, 6) is 1.32. The minimum Gasteiger partial charge on any atom is -0.493 e. The van der Waals surface area contributed by atoms with Crippen molar-refractivity contribution in [3.63, 3.8) is 0 Å². The molecule has 3 aromatic carbocycles. The van der Waals surface area contributed by atoms with Crippen molar-refractivity contribution in [3.8, 4) is 28.4 Å². The minimum atomic E-state index is -3.83. The fourth-order valence-corrected chi connectivity index (χ4v) is 4.50. The van der Waals surface area contributed by atoms with E-state index in [2.05, 4.69) is 14.1 Å². The van der Waals surface area contributed by atoms with E-state index in [1.807, 2.05) is 54.6 Å². The SMILES string of the molecule is COc1cc(S(=O)(=O)Nc2ncns2)ccc1Oc1ccccc1-c1ccccc1. The Labute approximate surface area is 178 Å². The molecule has 0 saturated heterocycles. The highest BCUT2D eigenvalue weighted by molar-refractivity contribution is 7.93. The Morgan fingerprint density at radius 2 is 1.67 bits per heavy atom. The first kappa shape index (κ1) is 19.9. The number of rotatable bonds is 7. The van der Waals surface area contributed by atoms with E-state index in [-0.39, 0.29) is 15.8 Å². The van der Waals surface area contributed by atoms with Crippen molar-refractivity contribution >= 4 is 26.7 Å². The quantitative estimate of drug-likeness (QED) is 0.445. The lowest BCUT2D eigenvalue weighted by Gasteiger charge is -2.15. The zero-order chi connectivity index (χ0) is 21.0. The lowest BCUT2D eigenvalue weighted by molar-refractivity contribution is 0.378. The number of hydrogen-bond donors (Lipinski definition) is 1. The van der Waals surface area contributed by atoms with E-state index in [1.165, 1.54) is 25.6 Å². The monoisotopic (exact) mass is 439 g/mol. The smallest absolute Gasteiger partial charge is 0.263 e. The first-order chi connectivity index (χ1) is 14.6. The van der Waals surface area contributed by atoms with Crippen LogP contribution in [-0.4, -0.2) is 24.9 Å². The first-order valence-corrected chi connectivity index (χ1v) is 11.1. The van der Waals surface area contributed by atoms with Crippen LogP contribution < -0.4 is 14.2 Å². The summed E-state index contributed by atoms with van der Waals surface area (Å²) in [4.78, 5) is 3.87. The molecule has 152 valence electrons. The van der Waals surface area contributed by atoms with Gasteiger partial charge in [-0.2, -0.15) is 4.37 Å². The molecule has 0 aliphatic heterocycles. The van der Waals surface area contributed by atoms with Crippen LogP contribution in [0.5, 0.6) is 17.2 Å². The number of sulfonamides is 1. The van der Waals surface area contributed by atoms with Crippen molar-refractivity contribution in [2.45, 2.75) is 4.90 Å². The molecule has 4 rings (SSSR count). The fourth-order valence-electron chi connectivity index (χ4n) is 2.82. The maximum atomic E-state index is 12.6. The lowest BCUT2D eigenvalue weighted by Crippen LogP contribution is -2.12. The molecular formula is C21H17N3O4S2. The fraction of sp³-hybridized carbons (Fsp3) is 0.0476. The molecule has 0 unspecified atom stereocenters. The average Bonchev–Trinajstić information content (AvgIpc) is 3.27. The van der Waals surface area contributed by atoms with Gasteiger partial charge >= 0.3 is 0 Å². The van der Waals surface area contributed by atoms with Crippen LogP contribution in [0.3, 0.4) is 0 Å². The number of hydrogen-bond acceptors (Lipinski definition) is 7. The summed E-state index contributed by atoms with van der Waals surface area (Å²) in [5.41, 5.74) is 1.92. The van der Waals surface area contributed by atoms with E-state index < -0.39 is 10.0 Å². The van der Waals surface area contributed by atoms with Gasteiger partial charge < -0.3 is 9.47 Å². The zero-order valence-corrected chi connectivity index (χ0v) is 17.5. The van der Waals surface area contributed by atoms with Crippen molar-refractivity contribution in [1.82, 2.24) is 9.36 Å². The van der Waals surface area contributed by atoms with Crippen LogP contribution in [0.1, 0.15) is 0 Å². The van der Waals surface area contributed by atoms with Crippen molar-refractivity contribution in [1.29, 1.82) is 0 Å². The lowest BCUT2D eigenvalue weighted by atomic mass is 10.0. The Balaban J connectivity index is 1.66. The van der Waals surface area contributed by atoms with Gasteiger partial charge in [-0.1, -0.05) is 48.5 Å². The molecular weight excluding hydrogens is 422 g/mol. The zero-order valence-electron chi connectivity index (χ0n) is 15.8. The van der Waals surface area contributed by atoms with E-state index in [4.69, 9.17) is 9.47 Å². The Kier molecular flexibility index (Phi) is 5.64. The Bertz CT molecular complexity index is 1240. The van der Waals surface area contributed by atoms with Gasteiger partial charge in [-0.25, -0.2) is 13.4 Å². The Morgan fingerprint density at radius 3 is 2.40 bits per heavy atom. The molecule has 0 bridgehead atoms. The molecule has 7 nitrogen and oxygen atoms in total. The summed E-state index contributed by atoms with van der Waals surface area (Å²) in [6.07, 6.45) is 1.28. The predicted octanol–water partition coefficient (Wildman–Crippen LogP) is 4.81. The van der Waals surface area contributed by atoms with Crippen LogP contribution in [0.4, 0.5) is 5.13 Å². The largest absolute Gasteiger partial charge is 0.493 e. The molecule has 0 fully saturated rings. The van der Waals surface area contributed by atoms with Crippen LogP contribution in [0.25, 0.3) is 11.1 Å². The number of nitrogens with one attached hydrogen (secondary N) is 1. The number of methoxy groups -OCH3 is 1. The number of ether oxygens (including phenoxy) is 2. The van der Waals surface area contributed by atoms with E-state index in [9.17, 15) is 8.42 Å². The summed E-state index contributed by atoms with van der Waals surface area (Å²) in [6.45, 7) is 0. The second-order valence-corrected chi connectivity index (χ2v) is 8.59. The molecule has 0 radical (unpaired) electrons. The van der Waals surface area contributed by atoms with Crippen LogP contribution in [-0.2, 0) is 10.0 Å². The minimum absolute atomic E-state index is 0.0262. The Hall–Kier alpha value is -3.43. The van der Waals surface area contributed by atoms with Gasteiger partial charge in [-0.15, -0.1) is 0 Å². The third-order valence-electron chi connectivity index (χ3n) is 4.22. The van der Waals surface area contributed by atoms with Gasteiger partial charge in [-0.05, 0) is 23.8 Å². The molecule has 0 saturated carbocycles. The number of nitrogens with zero attached hydrogens (tertiary/aromatic N) is 2. The average molecular weight is 440 g/mol. The molecule has 0 aliphatic rings. The van der Waals surface area contributed by atoms with Crippen LogP contribution in [0.2, 0.25) is 0 Å². The third kappa shape index (κ3) is 4.27. The van der Waals surface area contributed by atoms with Gasteiger partial charge in [0.2, 0.25) is 5.13 Å². The topological polar surface area (TPSA) is 90.4 Å². The van der Waals surface area contributed by atoms with E-state index >= 15 is 0 Å². The molecule has 30 heavy (non-hydrogen) atoms. The second-order valence-electron chi connectivity index (χ2n) is 6.13. The van der Waals surface area contributed by atoms with Crippen molar-refractivity contribution < 1.29 is 17.9 Å². The van der Waals surface area contributed by atoms with Gasteiger partial charge in [0.25, 0.3) is 10.0 Å². The molecule has 1 heterocycles. The summed E-state index contributed by atoms with van der Waals surface area (Å²) < 4.78 is 42.9. The molecule has 9 heteroatoms. The highest BCUT2D eigenvalue weighted by Gasteiger charge is 2.19. The number of anilines is 1. The standard InChI is InChI=1S/C21H17N3O4S2/c1-27-20-13-16(30(25,26)24-21-22-14-23-29-21)11-12-19(20)28-18-10-6-5-9-17(18)15-7-3-2-4-8-15/h2-14H,1H3,(H,22,23,24). The number of aromatic nitrogens is 2. The van der Waals surface area contributed by atoms with E-state index in [0.717, 1.165) is 22.7 Å². The van der Waals surface area contributed by atoms with Crippen LogP contribution in [0.15, 0.2) is 84.0 Å². The van der Waals surface area contributed by atoms with Crippen molar-refractivity contribution in [3.05, 3.63) is 79.1 Å². The maximum Gasteiger partial charge on any atom is 0.263 e. The van der Waals surface area contributed by atoms with Gasteiger partial charge in [0.05, 0.1) is 12.0 Å². The summed E-state index contributed by atoms with van der Waals surface area (Å²) in [7, 11) is -2.38. The Morgan fingerprint density at radius 1 is 0.900 bits per heavy atom. The normalized spacial score (nSPS) is 11.1. The summed E-state index contributed by atoms with van der Waals surface area (Å²) >= 11 is 0.952. The molecule has 0 atom stereocenters. The molecule has 4 aromatic rings. The molecule has 0 spiro atoms. The molecule has 1 N–H and O–H groups in total. The first-order valence-electron chi connectivity index (χ1n) is 8.86. The summed E-state index contributed by atoms with van der Waals surface area (Å²) in [6, 6.07) is 21.9. The molecule has 0 aliphatic carbocycles. The van der Waals surface area contributed by atoms with Gasteiger partial charge in [0.15, 0.2) is 11.5 Å². The van der Waals surface area contributed by atoms with Crippen molar-refractivity contribution in [2.75, 3.05) is 11.8 Å². The summed E-state index contributed by atoms with van der Waals surface area (Å²) in [5, 5.41) is 0.186. The van der Waals surface area contributed by atoms with Crippen LogP contribution >= 0.6 is 11.5 Å². The third-order valence-corrected chi connectivity index (χ3v) is 6.27. The second kappa shape index (κ2) is 8.52. The van der Waals surface area contributed by atoms with Gasteiger partial charge in [0, 0.05) is 23.2 Å². The highest BCUT2D eigenvalue weighted by atomic mass is 32.2. The predicted molar refractivity (Wildman–Crippen MR) is 116 cm³/mol. The highest BCUT2D eigenvalue weighted by Crippen LogP contribution is 2.38.